The first-order chi connectivity index (χ1) is 11.1. The van der Waals surface area contributed by atoms with Gasteiger partial charge < -0.3 is 9.84 Å². The average molecular weight is 331 g/mol. The summed E-state index contributed by atoms with van der Waals surface area (Å²) in [5.74, 6) is -0.00935. The number of thiol groups is 1. The predicted octanol–water partition coefficient (Wildman–Crippen LogP) is 4.09. The van der Waals surface area contributed by atoms with E-state index in [0.717, 1.165) is 9.87 Å². The molecule has 0 aliphatic carbocycles. The Kier molecular flexibility index (Phi) is 4.20. The van der Waals surface area contributed by atoms with E-state index in [0.29, 0.717) is 16.8 Å². The van der Waals surface area contributed by atoms with Gasteiger partial charge in [-0.1, -0.05) is 42.2 Å². The Bertz CT molecular complexity index is 835. The number of hydrogen-bond acceptors (Lipinski definition) is 4. The number of anilines is 1. The SMILES string of the molecule is CC(NC(=O)N(S)c1noc2ccccc12)c1ccc(F)cc1. The molecule has 1 atom stereocenters. The molecule has 1 heterocycles. The van der Waals surface area contributed by atoms with Gasteiger partial charge in [-0.2, -0.15) is 0 Å². The molecule has 0 bridgehead atoms. The molecule has 1 N–H and O–H groups in total. The molecule has 0 saturated heterocycles. The van der Waals surface area contributed by atoms with Gasteiger partial charge in [0, 0.05) is 0 Å². The fourth-order valence-electron chi connectivity index (χ4n) is 2.20. The maximum Gasteiger partial charge on any atom is 0.333 e. The number of halogens is 1. The summed E-state index contributed by atoms with van der Waals surface area (Å²) in [6.45, 7) is 1.80. The average Bonchev–Trinajstić information content (AvgIpc) is 2.98. The third-order valence-electron chi connectivity index (χ3n) is 3.46. The number of benzene rings is 2. The molecule has 0 aliphatic heterocycles. The van der Waals surface area contributed by atoms with Crippen LogP contribution in [0.3, 0.4) is 0 Å². The van der Waals surface area contributed by atoms with Crippen LogP contribution in [-0.4, -0.2) is 11.2 Å². The topological polar surface area (TPSA) is 58.4 Å². The number of nitrogens with zero attached hydrogens (tertiary/aromatic N) is 2. The van der Waals surface area contributed by atoms with Gasteiger partial charge in [-0.25, -0.2) is 13.5 Å². The summed E-state index contributed by atoms with van der Waals surface area (Å²) in [5, 5.41) is 7.33. The van der Waals surface area contributed by atoms with Gasteiger partial charge in [0.25, 0.3) is 0 Å². The highest BCUT2D eigenvalue weighted by atomic mass is 32.1. The number of aromatic nitrogens is 1. The first kappa shape index (κ1) is 15.4. The number of urea groups is 1. The molecule has 2 amide bonds. The Morgan fingerprint density at radius 1 is 1.26 bits per heavy atom. The van der Waals surface area contributed by atoms with Crippen molar-refractivity contribution < 1.29 is 13.7 Å². The van der Waals surface area contributed by atoms with Crippen molar-refractivity contribution in [3.63, 3.8) is 0 Å². The molecule has 7 heteroatoms. The molecule has 1 aromatic heterocycles. The van der Waals surface area contributed by atoms with Crippen molar-refractivity contribution in [3.05, 3.63) is 59.9 Å². The minimum absolute atomic E-state index is 0.309. The second-order valence-electron chi connectivity index (χ2n) is 5.04. The van der Waals surface area contributed by atoms with E-state index in [4.69, 9.17) is 4.52 Å². The van der Waals surface area contributed by atoms with Crippen LogP contribution < -0.4 is 9.62 Å². The second kappa shape index (κ2) is 6.29. The maximum absolute atomic E-state index is 12.9. The van der Waals surface area contributed by atoms with Gasteiger partial charge >= 0.3 is 6.03 Å². The van der Waals surface area contributed by atoms with Crippen LogP contribution in [-0.2, 0) is 0 Å². The molecule has 0 fully saturated rings. The van der Waals surface area contributed by atoms with E-state index < -0.39 is 6.03 Å². The van der Waals surface area contributed by atoms with Gasteiger partial charge in [-0.3, -0.25) is 0 Å². The van der Waals surface area contributed by atoms with E-state index in [1.54, 1.807) is 31.2 Å². The van der Waals surface area contributed by atoms with Crippen LogP contribution >= 0.6 is 12.8 Å². The Morgan fingerprint density at radius 2 is 1.96 bits per heavy atom. The molecule has 1 unspecified atom stereocenters. The number of carbonyl (C=O) groups is 1. The minimum Gasteiger partial charge on any atom is -0.354 e. The monoisotopic (exact) mass is 331 g/mol. The van der Waals surface area contributed by atoms with Gasteiger partial charge in [0.2, 0.25) is 0 Å². The molecular formula is C16H14FN3O2S. The summed E-state index contributed by atoms with van der Waals surface area (Å²) in [6, 6.07) is 12.4. The summed E-state index contributed by atoms with van der Waals surface area (Å²) in [4.78, 5) is 12.3. The van der Waals surface area contributed by atoms with Crippen LogP contribution in [0.15, 0.2) is 53.1 Å². The molecule has 3 rings (SSSR count). The highest BCUT2D eigenvalue weighted by Crippen LogP contribution is 2.27. The van der Waals surface area contributed by atoms with Crippen molar-refractivity contribution in [1.82, 2.24) is 10.5 Å². The summed E-state index contributed by atoms with van der Waals surface area (Å²) >= 11 is 4.20. The molecule has 0 radical (unpaired) electrons. The third kappa shape index (κ3) is 3.14. The fourth-order valence-corrected chi connectivity index (χ4v) is 2.40. The lowest BCUT2D eigenvalue weighted by molar-refractivity contribution is 0.247. The van der Waals surface area contributed by atoms with Gasteiger partial charge in [0.15, 0.2) is 11.4 Å². The largest absolute Gasteiger partial charge is 0.354 e. The van der Waals surface area contributed by atoms with E-state index in [9.17, 15) is 9.18 Å². The molecule has 0 aliphatic rings. The summed E-state index contributed by atoms with van der Waals surface area (Å²) in [5.41, 5.74) is 1.35. The fraction of sp³-hybridized carbons (Fsp3) is 0.125. The smallest absolute Gasteiger partial charge is 0.333 e. The van der Waals surface area contributed by atoms with Crippen LogP contribution in [0, 0.1) is 5.82 Å². The molecule has 5 nitrogen and oxygen atoms in total. The number of carbonyl (C=O) groups excluding carboxylic acids is 1. The number of nitrogens with one attached hydrogen (secondary N) is 1. The maximum atomic E-state index is 12.9. The van der Waals surface area contributed by atoms with Crippen molar-refractivity contribution in [1.29, 1.82) is 0 Å². The van der Waals surface area contributed by atoms with E-state index in [2.05, 4.69) is 23.3 Å². The minimum atomic E-state index is -0.454. The molecule has 0 spiro atoms. The Hall–Kier alpha value is -2.54. The molecule has 2 aromatic carbocycles. The zero-order valence-electron chi connectivity index (χ0n) is 12.2. The Balaban J connectivity index is 1.76. The zero-order chi connectivity index (χ0) is 16.4. The van der Waals surface area contributed by atoms with Crippen molar-refractivity contribution in [3.8, 4) is 0 Å². The normalized spacial score (nSPS) is 12.1. The molecule has 118 valence electrons. The molecule has 23 heavy (non-hydrogen) atoms. The standard InChI is InChI=1S/C16H14FN3O2S/c1-10(11-6-8-12(17)9-7-11)18-16(21)20(23)15-13-4-2-3-5-14(13)22-19-15/h2-10,23H,1H3,(H,18,21). The van der Waals surface area contributed by atoms with E-state index in [1.807, 2.05) is 12.1 Å². The lowest BCUT2D eigenvalue weighted by atomic mass is 10.1. The van der Waals surface area contributed by atoms with Gasteiger partial charge in [0.1, 0.15) is 5.82 Å². The van der Waals surface area contributed by atoms with Gasteiger partial charge in [-0.15, -0.1) is 0 Å². The summed E-state index contributed by atoms with van der Waals surface area (Å²) in [6.07, 6.45) is 0. The van der Waals surface area contributed by atoms with E-state index >= 15 is 0 Å². The van der Waals surface area contributed by atoms with Crippen molar-refractivity contribution in [2.45, 2.75) is 13.0 Å². The highest BCUT2D eigenvalue weighted by molar-refractivity contribution is 7.82. The van der Waals surface area contributed by atoms with Gasteiger partial charge in [0.05, 0.1) is 11.4 Å². The van der Waals surface area contributed by atoms with Crippen LogP contribution in [0.1, 0.15) is 18.5 Å². The zero-order valence-corrected chi connectivity index (χ0v) is 13.1. The number of hydrogen-bond donors (Lipinski definition) is 2. The van der Waals surface area contributed by atoms with E-state index in [1.165, 1.54) is 12.1 Å². The Labute approximate surface area is 137 Å². The Morgan fingerprint density at radius 3 is 2.70 bits per heavy atom. The van der Waals surface area contributed by atoms with Gasteiger partial charge in [-0.05, 0) is 36.8 Å². The quantitative estimate of drug-likeness (QED) is 0.711. The molecule has 3 aromatic rings. The summed E-state index contributed by atoms with van der Waals surface area (Å²) < 4.78 is 19.2. The van der Waals surface area contributed by atoms with Crippen LogP contribution in [0.2, 0.25) is 0 Å². The van der Waals surface area contributed by atoms with Crippen LogP contribution in [0.4, 0.5) is 15.0 Å². The first-order valence-electron chi connectivity index (χ1n) is 6.95. The third-order valence-corrected chi connectivity index (χ3v) is 3.83. The highest BCUT2D eigenvalue weighted by Gasteiger charge is 2.20. The molecular weight excluding hydrogens is 317 g/mol. The number of fused-ring (bicyclic) bond motifs is 1. The lowest BCUT2D eigenvalue weighted by Gasteiger charge is -2.18. The van der Waals surface area contributed by atoms with Crippen molar-refractivity contribution in [2.75, 3.05) is 4.31 Å². The van der Waals surface area contributed by atoms with Crippen molar-refractivity contribution >= 4 is 35.6 Å². The number of amides is 2. The first-order valence-corrected chi connectivity index (χ1v) is 7.35. The number of rotatable bonds is 3. The molecule has 0 saturated carbocycles. The number of para-hydroxylation sites is 1. The van der Waals surface area contributed by atoms with Crippen molar-refractivity contribution in [2.24, 2.45) is 0 Å². The second-order valence-corrected chi connectivity index (χ2v) is 5.44. The predicted molar refractivity (Wildman–Crippen MR) is 88.8 cm³/mol. The lowest BCUT2D eigenvalue weighted by Crippen LogP contribution is -2.36. The summed E-state index contributed by atoms with van der Waals surface area (Å²) in [7, 11) is 0. The van der Waals surface area contributed by atoms with Crippen LogP contribution in [0.5, 0.6) is 0 Å². The van der Waals surface area contributed by atoms with E-state index in [-0.39, 0.29) is 11.9 Å². The van der Waals surface area contributed by atoms with Crippen LogP contribution in [0.25, 0.3) is 11.0 Å².